The molecule has 9 heteroatoms. The SMILES string of the molecule is CCCCCCCCn1c(NN=Cc2ccccc2O)nc2c1c(=O)[nH]c(=O)n2C. The monoisotopic (exact) mass is 412 g/mol. The van der Waals surface area contributed by atoms with Crippen molar-refractivity contribution in [1.82, 2.24) is 19.1 Å². The van der Waals surface area contributed by atoms with Crippen LogP contribution in [-0.4, -0.2) is 30.4 Å². The van der Waals surface area contributed by atoms with E-state index in [4.69, 9.17) is 0 Å². The van der Waals surface area contributed by atoms with E-state index in [1.54, 1.807) is 35.9 Å². The number of aromatic amines is 1. The molecule has 2 aromatic heterocycles. The van der Waals surface area contributed by atoms with Crippen LogP contribution in [0.2, 0.25) is 0 Å². The van der Waals surface area contributed by atoms with Crippen molar-refractivity contribution in [2.75, 3.05) is 5.43 Å². The molecule has 0 atom stereocenters. The van der Waals surface area contributed by atoms with Crippen molar-refractivity contribution in [1.29, 1.82) is 0 Å². The maximum atomic E-state index is 12.5. The summed E-state index contributed by atoms with van der Waals surface area (Å²) in [5.41, 5.74) is 3.06. The Kier molecular flexibility index (Phi) is 7.05. The lowest BCUT2D eigenvalue weighted by atomic mass is 10.1. The van der Waals surface area contributed by atoms with Gasteiger partial charge in [0.15, 0.2) is 11.2 Å². The highest BCUT2D eigenvalue weighted by atomic mass is 16.3. The van der Waals surface area contributed by atoms with Crippen LogP contribution >= 0.6 is 0 Å². The number of fused-ring (bicyclic) bond motifs is 1. The summed E-state index contributed by atoms with van der Waals surface area (Å²) >= 11 is 0. The van der Waals surface area contributed by atoms with Gasteiger partial charge in [0.1, 0.15) is 5.75 Å². The molecule has 9 nitrogen and oxygen atoms in total. The van der Waals surface area contributed by atoms with Crippen molar-refractivity contribution >= 4 is 23.3 Å². The summed E-state index contributed by atoms with van der Waals surface area (Å²) in [7, 11) is 1.57. The number of phenolic OH excluding ortho intramolecular Hbond substituents is 1. The number of benzene rings is 1. The van der Waals surface area contributed by atoms with E-state index in [0.717, 1.165) is 19.3 Å². The van der Waals surface area contributed by atoms with Gasteiger partial charge in [0.2, 0.25) is 5.95 Å². The number of nitrogens with zero attached hydrogens (tertiary/aromatic N) is 4. The molecule has 0 spiro atoms. The second-order valence-electron chi connectivity index (χ2n) is 7.27. The van der Waals surface area contributed by atoms with Gasteiger partial charge in [-0.25, -0.2) is 10.2 Å². The molecule has 160 valence electrons. The first kappa shape index (κ1) is 21.4. The normalized spacial score (nSPS) is 11.5. The minimum Gasteiger partial charge on any atom is -0.507 e. The summed E-state index contributed by atoms with van der Waals surface area (Å²) in [6, 6.07) is 6.83. The molecule has 0 radical (unpaired) electrons. The summed E-state index contributed by atoms with van der Waals surface area (Å²) in [6.07, 6.45) is 8.17. The van der Waals surface area contributed by atoms with Gasteiger partial charge in [0, 0.05) is 19.2 Å². The molecule has 0 saturated heterocycles. The number of nitrogens with one attached hydrogen (secondary N) is 2. The molecule has 0 fully saturated rings. The maximum Gasteiger partial charge on any atom is 0.329 e. The fourth-order valence-corrected chi connectivity index (χ4v) is 3.34. The van der Waals surface area contributed by atoms with E-state index in [-0.39, 0.29) is 5.75 Å². The largest absolute Gasteiger partial charge is 0.507 e. The van der Waals surface area contributed by atoms with Crippen LogP contribution in [0.1, 0.15) is 51.0 Å². The van der Waals surface area contributed by atoms with E-state index in [0.29, 0.717) is 29.2 Å². The number of aromatic nitrogens is 4. The van der Waals surface area contributed by atoms with Crippen molar-refractivity contribution in [3.8, 4) is 5.75 Å². The van der Waals surface area contributed by atoms with Crippen molar-refractivity contribution in [3.63, 3.8) is 0 Å². The lowest BCUT2D eigenvalue weighted by molar-refractivity contribution is 0.474. The van der Waals surface area contributed by atoms with E-state index in [1.165, 1.54) is 30.0 Å². The molecule has 0 aliphatic rings. The standard InChI is InChI=1S/C21H28N6O3/c1-3-4-5-6-7-10-13-27-17-18(26(2)21(30)24-19(17)29)23-20(27)25-22-14-15-11-8-9-12-16(15)28/h8-9,11-12,14,28H,3-7,10,13H2,1-2H3,(H,23,25)(H,24,29,30). The predicted molar refractivity (Wildman–Crippen MR) is 118 cm³/mol. The van der Waals surface area contributed by atoms with Crippen LogP contribution in [-0.2, 0) is 13.6 Å². The molecule has 0 saturated carbocycles. The Balaban J connectivity index is 1.87. The molecule has 0 aliphatic heterocycles. The van der Waals surface area contributed by atoms with Gasteiger partial charge in [-0.15, -0.1) is 0 Å². The molecule has 1 aromatic carbocycles. The smallest absolute Gasteiger partial charge is 0.329 e. The van der Waals surface area contributed by atoms with Gasteiger partial charge < -0.3 is 9.67 Å². The van der Waals surface area contributed by atoms with Crippen molar-refractivity contribution in [2.45, 2.75) is 52.0 Å². The number of H-pyrrole nitrogens is 1. The van der Waals surface area contributed by atoms with Crippen LogP contribution in [0.25, 0.3) is 11.2 Å². The number of anilines is 1. The summed E-state index contributed by atoms with van der Waals surface area (Å²) in [5.74, 6) is 0.486. The Morgan fingerprint density at radius 3 is 2.67 bits per heavy atom. The third-order valence-corrected chi connectivity index (χ3v) is 5.05. The van der Waals surface area contributed by atoms with Crippen LogP contribution in [0.4, 0.5) is 5.95 Å². The number of imidazole rings is 1. The molecule has 3 rings (SSSR count). The molecular formula is C21H28N6O3. The second kappa shape index (κ2) is 9.91. The Morgan fingerprint density at radius 1 is 1.17 bits per heavy atom. The third-order valence-electron chi connectivity index (χ3n) is 5.05. The fraction of sp³-hybridized carbons (Fsp3) is 0.429. The van der Waals surface area contributed by atoms with E-state index >= 15 is 0 Å². The van der Waals surface area contributed by atoms with Crippen molar-refractivity contribution in [2.24, 2.45) is 12.1 Å². The molecular weight excluding hydrogens is 384 g/mol. The van der Waals surface area contributed by atoms with E-state index in [2.05, 4.69) is 27.4 Å². The number of rotatable bonds is 10. The first-order valence-electron chi connectivity index (χ1n) is 10.3. The lowest BCUT2D eigenvalue weighted by Gasteiger charge is -2.08. The Labute approximate surface area is 174 Å². The highest BCUT2D eigenvalue weighted by Gasteiger charge is 2.16. The second-order valence-corrected chi connectivity index (χ2v) is 7.27. The molecule has 3 N–H and O–H groups in total. The van der Waals surface area contributed by atoms with Crippen LogP contribution in [0.5, 0.6) is 5.75 Å². The van der Waals surface area contributed by atoms with E-state index in [9.17, 15) is 14.7 Å². The molecule has 0 unspecified atom stereocenters. The van der Waals surface area contributed by atoms with Gasteiger partial charge in [-0.1, -0.05) is 51.2 Å². The zero-order chi connectivity index (χ0) is 21.5. The maximum absolute atomic E-state index is 12.5. The van der Waals surface area contributed by atoms with Crippen LogP contribution in [0.15, 0.2) is 39.0 Å². The minimum absolute atomic E-state index is 0.113. The van der Waals surface area contributed by atoms with Gasteiger partial charge >= 0.3 is 5.69 Å². The first-order valence-corrected chi connectivity index (χ1v) is 10.3. The molecule has 0 aliphatic carbocycles. The summed E-state index contributed by atoms with van der Waals surface area (Å²) in [4.78, 5) is 31.2. The van der Waals surface area contributed by atoms with Gasteiger partial charge in [-0.05, 0) is 18.6 Å². The highest BCUT2D eigenvalue weighted by molar-refractivity contribution is 5.83. The van der Waals surface area contributed by atoms with E-state index < -0.39 is 11.2 Å². The van der Waals surface area contributed by atoms with Gasteiger partial charge in [0.25, 0.3) is 5.56 Å². The molecule has 0 amide bonds. The summed E-state index contributed by atoms with van der Waals surface area (Å²) in [5, 5.41) is 14.0. The predicted octanol–water partition coefficient (Wildman–Crippen LogP) is 2.94. The minimum atomic E-state index is -0.513. The van der Waals surface area contributed by atoms with Crippen LogP contribution in [0, 0.1) is 0 Å². The number of hydrazone groups is 1. The van der Waals surface area contributed by atoms with Crippen LogP contribution in [0.3, 0.4) is 0 Å². The number of aryl methyl sites for hydroxylation is 2. The number of aromatic hydroxyl groups is 1. The molecule has 0 bridgehead atoms. The van der Waals surface area contributed by atoms with Gasteiger partial charge in [-0.2, -0.15) is 10.1 Å². The number of unbranched alkanes of at least 4 members (excludes halogenated alkanes) is 5. The average Bonchev–Trinajstić information content (AvgIpc) is 3.09. The van der Waals surface area contributed by atoms with Crippen molar-refractivity contribution in [3.05, 3.63) is 50.7 Å². The summed E-state index contributed by atoms with van der Waals surface area (Å²) < 4.78 is 3.07. The third kappa shape index (κ3) is 4.79. The molecule has 3 aromatic rings. The fourth-order valence-electron chi connectivity index (χ4n) is 3.34. The zero-order valence-corrected chi connectivity index (χ0v) is 17.4. The van der Waals surface area contributed by atoms with E-state index in [1.807, 2.05) is 0 Å². The van der Waals surface area contributed by atoms with Gasteiger partial charge in [0.05, 0.1) is 6.21 Å². The number of phenols is 1. The Bertz CT molecular complexity index is 1140. The topological polar surface area (TPSA) is 117 Å². The quantitative estimate of drug-likeness (QED) is 0.269. The molecule has 2 heterocycles. The average molecular weight is 412 g/mol. The highest BCUT2D eigenvalue weighted by Crippen LogP contribution is 2.18. The molecule has 30 heavy (non-hydrogen) atoms. The Morgan fingerprint density at radius 2 is 1.90 bits per heavy atom. The Hall–Kier alpha value is -3.36. The number of para-hydroxylation sites is 1. The lowest BCUT2D eigenvalue weighted by Crippen LogP contribution is -2.29. The summed E-state index contributed by atoms with van der Waals surface area (Å²) in [6.45, 7) is 2.76. The first-order chi connectivity index (χ1) is 14.5. The zero-order valence-electron chi connectivity index (χ0n) is 17.4. The number of hydrogen-bond donors (Lipinski definition) is 3. The van der Waals surface area contributed by atoms with Crippen molar-refractivity contribution < 1.29 is 5.11 Å². The van der Waals surface area contributed by atoms with Gasteiger partial charge in [-0.3, -0.25) is 14.3 Å². The number of hydrogen-bond acceptors (Lipinski definition) is 6. The van der Waals surface area contributed by atoms with Crippen LogP contribution < -0.4 is 16.7 Å².